The van der Waals surface area contributed by atoms with E-state index in [0.717, 1.165) is 5.57 Å². The van der Waals surface area contributed by atoms with Gasteiger partial charge in [0.15, 0.2) is 5.78 Å². The van der Waals surface area contributed by atoms with Crippen LogP contribution in [0.2, 0.25) is 0 Å². The molecule has 5 heteroatoms. The highest BCUT2D eigenvalue weighted by molar-refractivity contribution is 6.09. The van der Waals surface area contributed by atoms with Crippen LogP contribution in [0.15, 0.2) is 34.9 Å². The summed E-state index contributed by atoms with van der Waals surface area (Å²) in [5.74, 6) is -1.69. The molecule has 5 nitrogen and oxygen atoms in total. The molecule has 1 heterocycles. The highest BCUT2D eigenvalue weighted by Gasteiger charge is 2.52. The quantitative estimate of drug-likeness (QED) is 0.531. The number of rotatable bonds is 1. The summed E-state index contributed by atoms with van der Waals surface area (Å²) in [7, 11) is 0. The maximum Gasteiger partial charge on any atom is 0.334 e. The lowest BCUT2D eigenvalue weighted by atomic mass is 9.82. The van der Waals surface area contributed by atoms with Gasteiger partial charge in [-0.1, -0.05) is 12.2 Å². The standard InChI is InChI=1S/C15H16O5/c1-6-3-9(17)12-7(2)15(19)20-14(12)13-8(5-16)4-10(18)11(6)13/h4,9,12-14,16-17H,2-3,5H2,1H3. The van der Waals surface area contributed by atoms with Crippen molar-refractivity contribution < 1.29 is 24.5 Å². The fraction of sp³-hybridized carbons (Fsp3) is 0.467. The summed E-state index contributed by atoms with van der Waals surface area (Å²) in [5.41, 5.74) is 2.11. The van der Waals surface area contributed by atoms with E-state index < -0.39 is 30.0 Å². The summed E-state index contributed by atoms with van der Waals surface area (Å²) < 4.78 is 5.33. The predicted octanol–water partition coefficient (Wildman–Crippen LogP) is 0.283. The highest BCUT2D eigenvalue weighted by atomic mass is 16.6. The molecule has 20 heavy (non-hydrogen) atoms. The number of carbonyl (C=O) groups excluding carboxylic acids is 2. The number of allylic oxidation sites excluding steroid dienone is 1. The van der Waals surface area contributed by atoms with Gasteiger partial charge in [0.1, 0.15) is 6.10 Å². The molecule has 2 N–H and O–H groups in total. The van der Waals surface area contributed by atoms with E-state index in [-0.39, 0.29) is 18.0 Å². The van der Waals surface area contributed by atoms with Crippen LogP contribution in [0.25, 0.3) is 0 Å². The molecular formula is C15H16O5. The monoisotopic (exact) mass is 276 g/mol. The van der Waals surface area contributed by atoms with E-state index >= 15 is 0 Å². The van der Waals surface area contributed by atoms with Crippen LogP contribution in [0, 0.1) is 11.8 Å². The molecule has 0 radical (unpaired) electrons. The molecule has 3 aliphatic rings. The van der Waals surface area contributed by atoms with E-state index in [1.807, 2.05) is 0 Å². The van der Waals surface area contributed by atoms with Gasteiger partial charge in [-0.3, -0.25) is 4.79 Å². The van der Waals surface area contributed by atoms with Crippen LogP contribution in [-0.4, -0.2) is 40.8 Å². The largest absolute Gasteiger partial charge is 0.457 e. The predicted molar refractivity (Wildman–Crippen MR) is 69.5 cm³/mol. The maximum absolute atomic E-state index is 12.1. The lowest BCUT2D eigenvalue weighted by Crippen LogP contribution is -2.34. The van der Waals surface area contributed by atoms with Crippen molar-refractivity contribution in [2.24, 2.45) is 11.8 Å². The topological polar surface area (TPSA) is 83.8 Å². The van der Waals surface area contributed by atoms with E-state index in [0.29, 0.717) is 17.6 Å². The van der Waals surface area contributed by atoms with Crippen LogP contribution >= 0.6 is 0 Å². The van der Waals surface area contributed by atoms with E-state index in [2.05, 4.69) is 6.58 Å². The van der Waals surface area contributed by atoms with Crippen LogP contribution in [0.5, 0.6) is 0 Å². The van der Waals surface area contributed by atoms with Crippen molar-refractivity contribution in [2.45, 2.75) is 25.6 Å². The summed E-state index contributed by atoms with van der Waals surface area (Å²) in [6.07, 6.45) is 0.265. The number of carbonyl (C=O) groups is 2. The second-order valence-corrected chi connectivity index (χ2v) is 5.61. The number of fused-ring (bicyclic) bond motifs is 3. The van der Waals surface area contributed by atoms with Crippen LogP contribution in [0.1, 0.15) is 13.3 Å². The molecular weight excluding hydrogens is 260 g/mol. The Kier molecular flexibility index (Phi) is 2.92. The van der Waals surface area contributed by atoms with Gasteiger partial charge in [-0.05, 0) is 25.0 Å². The summed E-state index contributed by atoms with van der Waals surface area (Å²) in [6.45, 7) is 5.23. The molecule has 0 saturated carbocycles. The normalized spacial score (nSPS) is 36.5. The maximum atomic E-state index is 12.1. The molecule has 0 aromatic carbocycles. The van der Waals surface area contributed by atoms with Crippen LogP contribution in [-0.2, 0) is 14.3 Å². The Hall–Kier alpha value is -1.72. The zero-order chi connectivity index (χ0) is 14.6. The summed E-state index contributed by atoms with van der Waals surface area (Å²) >= 11 is 0. The van der Waals surface area contributed by atoms with Gasteiger partial charge in [0.25, 0.3) is 0 Å². The fourth-order valence-electron chi connectivity index (χ4n) is 3.55. The number of hydrogen-bond donors (Lipinski definition) is 2. The van der Waals surface area contributed by atoms with E-state index in [9.17, 15) is 19.8 Å². The molecule has 4 unspecified atom stereocenters. The minimum atomic E-state index is -0.801. The lowest BCUT2D eigenvalue weighted by molar-refractivity contribution is -0.140. The number of esters is 1. The molecule has 0 spiro atoms. The second-order valence-electron chi connectivity index (χ2n) is 5.61. The summed E-state index contributed by atoms with van der Waals surface area (Å²) in [4.78, 5) is 23.8. The molecule has 1 aliphatic heterocycles. The first-order valence-electron chi connectivity index (χ1n) is 6.58. The SMILES string of the molecule is C=C1C(=O)OC2C3C(CO)=CC(=O)C3=C(C)CC(O)C12. The zero-order valence-electron chi connectivity index (χ0n) is 11.1. The van der Waals surface area contributed by atoms with Crippen LogP contribution in [0.3, 0.4) is 0 Å². The highest BCUT2D eigenvalue weighted by Crippen LogP contribution is 2.47. The molecule has 1 saturated heterocycles. The molecule has 1 fully saturated rings. The molecule has 3 rings (SSSR count). The molecule has 106 valence electrons. The van der Waals surface area contributed by atoms with Gasteiger partial charge in [0.2, 0.25) is 0 Å². The molecule has 0 aromatic heterocycles. The Balaban J connectivity index is 2.13. The second kappa shape index (κ2) is 4.40. The number of hydrogen-bond acceptors (Lipinski definition) is 5. The van der Waals surface area contributed by atoms with Crippen molar-refractivity contribution in [3.8, 4) is 0 Å². The fourth-order valence-corrected chi connectivity index (χ4v) is 3.55. The van der Waals surface area contributed by atoms with Gasteiger partial charge in [-0.25, -0.2) is 4.79 Å². The Morgan fingerprint density at radius 3 is 2.80 bits per heavy atom. The number of ketones is 1. The van der Waals surface area contributed by atoms with Gasteiger partial charge < -0.3 is 14.9 Å². The third kappa shape index (κ3) is 1.63. The van der Waals surface area contributed by atoms with Crippen molar-refractivity contribution in [2.75, 3.05) is 6.61 Å². The first-order valence-corrected chi connectivity index (χ1v) is 6.58. The third-order valence-corrected chi connectivity index (χ3v) is 4.45. The lowest BCUT2D eigenvalue weighted by Gasteiger charge is -2.25. The minimum Gasteiger partial charge on any atom is -0.457 e. The van der Waals surface area contributed by atoms with Crippen molar-refractivity contribution in [1.82, 2.24) is 0 Å². The zero-order valence-corrected chi connectivity index (χ0v) is 11.1. The van der Waals surface area contributed by atoms with Crippen molar-refractivity contribution >= 4 is 11.8 Å². The van der Waals surface area contributed by atoms with E-state index in [1.165, 1.54) is 6.08 Å². The average molecular weight is 276 g/mol. The Labute approximate surface area is 116 Å². The smallest absolute Gasteiger partial charge is 0.334 e. The van der Waals surface area contributed by atoms with E-state index in [4.69, 9.17) is 4.74 Å². The van der Waals surface area contributed by atoms with Gasteiger partial charge in [-0.15, -0.1) is 0 Å². The van der Waals surface area contributed by atoms with Crippen molar-refractivity contribution in [1.29, 1.82) is 0 Å². The summed E-state index contributed by atoms with van der Waals surface area (Å²) in [5, 5.41) is 19.7. The van der Waals surface area contributed by atoms with Crippen molar-refractivity contribution in [3.63, 3.8) is 0 Å². The molecule has 0 bridgehead atoms. The number of ether oxygens (including phenoxy) is 1. The van der Waals surface area contributed by atoms with E-state index in [1.54, 1.807) is 6.92 Å². The number of aliphatic hydroxyl groups is 2. The molecule has 0 amide bonds. The molecule has 4 atom stereocenters. The minimum absolute atomic E-state index is 0.169. The first-order chi connectivity index (χ1) is 9.45. The average Bonchev–Trinajstić information content (AvgIpc) is 2.83. The van der Waals surface area contributed by atoms with Crippen LogP contribution < -0.4 is 0 Å². The van der Waals surface area contributed by atoms with Crippen molar-refractivity contribution in [3.05, 3.63) is 34.9 Å². The molecule has 2 aliphatic carbocycles. The first kappa shape index (κ1) is 13.3. The number of aliphatic hydroxyl groups excluding tert-OH is 2. The Morgan fingerprint density at radius 2 is 2.15 bits per heavy atom. The van der Waals surface area contributed by atoms with Gasteiger partial charge >= 0.3 is 5.97 Å². The Morgan fingerprint density at radius 1 is 1.45 bits per heavy atom. The molecule has 0 aromatic rings. The van der Waals surface area contributed by atoms with Gasteiger partial charge in [-0.2, -0.15) is 0 Å². The van der Waals surface area contributed by atoms with Gasteiger partial charge in [0, 0.05) is 17.1 Å². The Bertz CT molecular complexity index is 583. The third-order valence-electron chi connectivity index (χ3n) is 4.45. The van der Waals surface area contributed by atoms with Crippen LogP contribution in [0.4, 0.5) is 0 Å². The summed E-state index contributed by atoms with van der Waals surface area (Å²) in [6, 6.07) is 0. The van der Waals surface area contributed by atoms with Gasteiger partial charge in [0.05, 0.1) is 18.6 Å².